The second-order valence-corrected chi connectivity index (χ2v) is 6.87. The Labute approximate surface area is 146 Å². The number of carbonyl (C=O) groups excluding carboxylic acids is 1. The number of esters is 1. The highest BCUT2D eigenvalue weighted by Crippen LogP contribution is 2.34. The summed E-state index contributed by atoms with van der Waals surface area (Å²) >= 11 is 4.95. The molecule has 1 aliphatic heterocycles. The zero-order valence-electron chi connectivity index (χ0n) is 12.6. The van der Waals surface area contributed by atoms with Crippen molar-refractivity contribution in [2.24, 2.45) is 0 Å². The van der Waals surface area contributed by atoms with Crippen molar-refractivity contribution in [3.05, 3.63) is 33.7 Å². The van der Waals surface area contributed by atoms with Crippen molar-refractivity contribution in [2.45, 2.75) is 25.6 Å². The Kier molecular flexibility index (Phi) is 5.30. The van der Waals surface area contributed by atoms with Crippen LogP contribution in [-0.2, 0) is 20.9 Å². The van der Waals surface area contributed by atoms with Gasteiger partial charge in [-0.05, 0) is 31.0 Å². The maximum Gasteiger partial charge on any atom is 0.335 e. The molecule has 1 atom stereocenters. The number of nitrogens with zero attached hydrogens (tertiary/aromatic N) is 1. The van der Waals surface area contributed by atoms with Crippen LogP contribution in [0.1, 0.15) is 18.5 Å². The minimum Gasteiger partial charge on any atom is -0.496 e. The van der Waals surface area contributed by atoms with Crippen LogP contribution in [0.15, 0.2) is 28.1 Å². The lowest BCUT2D eigenvalue weighted by molar-refractivity contribution is -0.155. The van der Waals surface area contributed by atoms with Crippen LogP contribution in [0.25, 0.3) is 10.6 Å². The van der Waals surface area contributed by atoms with Crippen molar-refractivity contribution in [1.82, 2.24) is 4.98 Å². The van der Waals surface area contributed by atoms with Gasteiger partial charge in [-0.3, -0.25) is 0 Å². The minimum atomic E-state index is -0.418. The largest absolute Gasteiger partial charge is 0.496 e. The average Bonchev–Trinajstić information content (AvgIpc) is 3.24. The summed E-state index contributed by atoms with van der Waals surface area (Å²) in [7, 11) is 1.63. The van der Waals surface area contributed by atoms with Gasteiger partial charge in [0.15, 0.2) is 6.10 Å². The Morgan fingerprint density at radius 2 is 2.39 bits per heavy atom. The third-order valence-corrected chi connectivity index (χ3v) is 4.92. The van der Waals surface area contributed by atoms with Gasteiger partial charge in [-0.1, -0.05) is 15.9 Å². The molecule has 1 aromatic carbocycles. The summed E-state index contributed by atoms with van der Waals surface area (Å²) in [6.45, 7) is 0.787. The minimum absolute atomic E-state index is 0.158. The van der Waals surface area contributed by atoms with Gasteiger partial charge in [0.1, 0.15) is 17.4 Å². The molecule has 0 N–H and O–H groups in total. The fourth-order valence-corrected chi connectivity index (χ4v) is 3.53. The molecule has 23 heavy (non-hydrogen) atoms. The van der Waals surface area contributed by atoms with Gasteiger partial charge in [0.25, 0.3) is 0 Å². The Bertz CT molecular complexity index is 697. The highest BCUT2D eigenvalue weighted by Gasteiger charge is 2.25. The standard InChI is InChI=1S/C16H16BrNO4S/c1-20-13-5-4-10(17)7-12(13)15-18-11(9-23-15)8-22-16(19)14-3-2-6-21-14/h4-5,7,9,14H,2-3,6,8H2,1H3. The number of aromatic nitrogens is 1. The van der Waals surface area contributed by atoms with Crippen molar-refractivity contribution >= 4 is 33.2 Å². The lowest BCUT2D eigenvalue weighted by Gasteiger charge is -2.08. The second kappa shape index (κ2) is 7.42. The van der Waals surface area contributed by atoms with Crippen molar-refractivity contribution in [3.8, 4) is 16.3 Å². The van der Waals surface area contributed by atoms with E-state index in [2.05, 4.69) is 20.9 Å². The Morgan fingerprint density at radius 1 is 1.52 bits per heavy atom. The zero-order valence-corrected chi connectivity index (χ0v) is 15.0. The summed E-state index contributed by atoms with van der Waals surface area (Å²) in [4.78, 5) is 16.4. The van der Waals surface area contributed by atoms with E-state index in [4.69, 9.17) is 14.2 Å². The summed E-state index contributed by atoms with van der Waals surface area (Å²) in [6.07, 6.45) is 1.22. The first-order chi connectivity index (χ1) is 11.2. The number of rotatable bonds is 5. The monoisotopic (exact) mass is 397 g/mol. The fourth-order valence-electron chi connectivity index (χ4n) is 2.35. The van der Waals surface area contributed by atoms with E-state index < -0.39 is 6.10 Å². The maximum atomic E-state index is 11.8. The number of thiazole rings is 1. The molecule has 2 heterocycles. The van der Waals surface area contributed by atoms with Gasteiger partial charge in [-0.15, -0.1) is 11.3 Å². The van der Waals surface area contributed by atoms with Crippen LogP contribution in [0.2, 0.25) is 0 Å². The van der Waals surface area contributed by atoms with Crippen LogP contribution in [0, 0.1) is 0 Å². The molecule has 1 unspecified atom stereocenters. The summed E-state index contributed by atoms with van der Waals surface area (Å²) in [5.41, 5.74) is 1.63. The smallest absolute Gasteiger partial charge is 0.335 e. The molecule has 0 spiro atoms. The van der Waals surface area contributed by atoms with E-state index in [0.717, 1.165) is 39.3 Å². The molecule has 3 rings (SSSR count). The number of hydrogen-bond acceptors (Lipinski definition) is 6. The Morgan fingerprint density at radius 3 is 3.13 bits per heavy atom. The molecule has 2 aromatic rings. The molecule has 5 nitrogen and oxygen atoms in total. The van der Waals surface area contributed by atoms with Crippen LogP contribution >= 0.6 is 27.3 Å². The number of methoxy groups -OCH3 is 1. The van der Waals surface area contributed by atoms with E-state index in [1.165, 1.54) is 11.3 Å². The van der Waals surface area contributed by atoms with Gasteiger partial charge < -0.3 is 14.2 Å². The molecule has 0 bridgehead atoms. The second-order valence-electron chi connectivity index (χ2n) is 5.10. The number of hydrogen-bond donors (Lipinski definition) is 0. The van der Waals surface area contributed by atoms with E-state index in [1.807, 2.05) is 23.6 Å². The maximum absolute atomic E-state index is 11.8. The first-order valence-corrected chi connectivity index (χ1v) is 8.91. The topological polar surface area (TPSA) is 57.7 Å². The number of halogens is 1. The molecule has 122 valence electrons. The highest BCUT2D eigenvalue weighted by atomic mass is 79.9. The quantitative estimate of drug-likeness (QED) is 0.718. The predicted octanol–water partition coefficient (Wildman–Crippen LogP) is 3.80. The van der Waals surface area contributed by atoms with Gasteiger partial charge in [-0.25, -0.2) is 9.78 Å². The van der Waals surface area contributed by atoms with E-state index in [9.17, 15) is 4.79 Å². The molecule has 1 aromatic heterocycles. The van der Waals surface area contributed by atoms with Crippen LogP contribution in [0.4, 0.5) is 0 Å². The molecule has 1 aliphatic rings. The molecular weight excluding hydrogens is 382 g/mol. The third kappa shape index (κ3) is 3.91. The molecule has 1 fully saturated rings. The molecule has 0 radical (unpaired) electrons. The third-order valence-electron chi connectivity index (χ3n) is 3.50. The van der Waals surface area contributed by atoms with Crippen LogP contribution in [0.3, 0.4) is 0 Å². The van der Waals surface area contributed by atoms with Crippen LogP contribution in [0.5, 0.6) is 5.75 Å². The Hall–Kier alpha value is -1.44. The average molecular weight is 398 g/mol. The Balaban J connectivity index is 1.68. The van der Waals surface area contributed by atoms with Gasteiger partial charge >= 0.3 is 5.97 Å². The van der Waals surface area contributed by atoms with Crippen molar-refractivity contribution in [1.29, 1.82) is 0 Å². The molecule has 7 heteroatoms. The number of ether oxygens (including phenoxy) is 3. The van der Waals surface area contributed by atoms with E-state index in [1.54, 1.807) is 7.11 Å². The van der Waals surface area contributed by atoms with Gasteiger partial charge in [0.2, 0.25) is 0 Å². The number of carbonyl (C=O) groups is 1. The zero-order chi connectivity index (χ0) is 16.2. The first-order valence-electron chi connectivity index (χ1n) is 7.24. The summed E-state index contributed by atoms with van der Waals surface area (Å²) in [6, 6.07) is 5.76. The SMILES string of the molecule is COc1ccc(Br)cc1-c1nc(COC(=O)C2CCCO2)cs1. The lowest BCUT2D eigenvalue weighted by Crippen LogP contribution is -2.22. The summed E-state index contributed by atoms with van der Waals surface area (Å²) in [5.74, 6) is 0.447. The number of benzene rings is 1. The molecule has 0 amide bonds. The first kappa shape index (κ1) is 16.4. The van der Waals surface area contributed by atoms with Gasteiger partial charge in [0, 0.05) is 16.5 Å². The van der Waals surface area contributed by atoms with Crippen molar-refractivity contribution < 1.29 is 19.0 Å². The highest BCUT2D eigenvalue weighted by molar-refractivity contribution is 9.10. The summed E-state index contributed by atoms with van der Waals surface area (Å²) < 4.78 is 16.9. The predicted molar refractivity (Wildman–Crippen MR) is 90.6 cm³/mol. The van der Waals surface area contributed by atoms with Crippen LogP contribution < -0.4 is 4.74 Å². The van der Waals surface area contributed by atoms with E-state index in [0.29, 0.717) is 6.61 Å². The molecular formula is C16H16BrNO4S. The lowest BCUT2D eigenvalue weighted by atomic mass is 10.2. The molecule has 0 aliphatic carbocycles. The normalized spacial score (nSPS) is 17.2. The van der Waals surface area contributed by atoms with Crippen molar-refractivity contribution in [2.75, 3.05) is 13.7 Å². The summed E-state index contributed by atoms with van der Waals surface area (Å²) in [5, 5.41) is 2.71. The van der Waals surface area contributed by atoms with Gasteiger partial charge in [0.05, 0.1) is 18.4 Å². The molecule has 0 saturated carbocycles. The van der Waals surface area contributed by atoms with Gasteiger partial charge in [-0.2, -0.15) is 0 Å². The van der Waals surface area contributed by atoms with Crippen LogP contribution in [-0.4, -0.2) is 30.8 Å². The van der Waals surface area contributed by atoms with Crippen molar-refractivity contribution in [3.63, 3.8) is 0 Å². The molecule has 1 saturated heterocycles. The van der Waals surface area contributed by atoms with E-state index in [-0.39, 0.29) is 12.6 Å². The fraction of sp³-hybridized carbons (Fsp3) is 0.375. The van der Waals surface area contributed by atoms with E-state index >= 15 is 0 Å².